The predicted octanol–water partition coefficient (Wildman–Crippen LogP) is 2.70. The third kappa shape index (κ3) is 1.97. The summed E-state index contributed by atoms with van der Waals surface area (Å²) < 4.78 is 1.89. The zero-order chi connectivity index (χ0) is 14.3. The maximum atomic E-state index is 5.88. The van der Waals surface area contributed by atoms with Gasteiger partial charge in [0.25, 0.3) is 0 Å². The summed E-state index contributed by atoms with van der Waals surface area (Å²) in [6.07, 6.45) is 5.38. The Bertz CT molecular complexity index is 775. The van der Waals surface area contributed by atoms with Crippen LogP contribution in [0.1, 0.15) is 11.1 Å². The molecule has 5 heteroatoms. The number of fused-ring (bicyclic) bond motifs is 1. The summed E-state index contributed by atoms with van der Waals surface area (Å²) in [5, 5.41) is 0. The van der Waals surface area contributed by atoms with Crippen molar-refractivity contribution >= 4 is 23.0 Å². The average molecular weight is 267 g/mol. The van der Waals surface area contributed by atoms with E-state index in [4.69, 9.17) is 5.73 Å². The Hall–Kier alpha value is -2.56. The summed E-state index contributed by atoms with van der Waals surface area (Å²) >= 11 is 0. The van der Waals surface area contributed by atoms with E-state index in [1.165, 1.54) is 11.1 Å². The maximum Gasteiger partial charge on any atom is 0.180 e. The summed E-state index contributed by atoms with van der Waals surface area (Å²) in [5.41, 5.74) is 10.2. The Morgan fingerprint density at radius 2 is 2.05 bits per heavy atom. The molecule has 0 fully saturated rings. The number of benzene rings is 1. The molecule has 2 aromatic heterocycles. The molecule has 0 amide bonds. The Morgan fingerprint density at radius 3 is 2.80 bits per heavy atom. The van der Waals surface area contributed by atoms with E-state index in [0.29, 0.717) is 5.82 Å². The van der Waals surface area contributed by atoms with Crippen LogP contribution >= 0.6 is 0 Å². The topological polar surface area (TPSA) is 59.5 Å². The van der Waals surface area contributed by atoms with Gasteiger partial charge in [0, 0.05) is 25.1 Å². The van der Waals surface area contributed by atoms with Gasteiger partial charge in [-0.1, -0.05) is 17.7 Å². The fraction of sp³-hybridized carbons (Fsp3) is 0.200. The minimum atomic E-state index is 0.474. The van der Waals surface area contributed by atoms with Gasteiger partial charge in [-0.3, -0.25) is 0 Å². The summed E-state index contributed by atoms with van der Waals surface area (Å²) in [6, 6.07) is 6.34. The zero-order valence-electron chi connectivity index (χ0n) is 11.8. The van der Waals surface area contributed by atoms with Gasteiger partial charge >= 0.3 is 0 Å². The first-order valence-corrected chi connectivity index (χ1v) is 6.46. The molecule has 3 rings (SSSR count). The highest BCUT2D eigenvalue weighted by Crippen LogP contribution is 2.29. The Morgan fingerprint density at radius 1 is 1.25 bits per heavy atom. The molecule has 0 saturated heterocycles. The molecule has 0 saturated carbocycles. The molecule has 0 unspecified atom stereocenters. The molecular weight excluding hydrogens is 250 g/mol. The SMILES string of the molecule is Cc1ccc(N(C)c2nc(N)cn3ccnc23)c(C)c1. The van der Waals surface area contributed by atoms with Gasteiger partial charge in [-0.05, 0) is 25.5 Å². The molecule has 0 bridgehead atoms. The molecule has 1 aromatic carbocycles. The predicted molar refractivity (Wildman–Crippen MR) is 81.4 cm³/mol. The monoisotopic (exact) mass is 267 g/mol. The van der Waals surface area contributed by atoms with Gasteiger partial charge in [0.15, 0.2) is 11.5 Å². The number of aromatic nitrogens is 3. The van der Waals surface area contributed by atoms with E-state index in [1.54, 1.807) is 12.4 Å². The van der Waals surface area contributed by atoms with Crippen LogP contribution in [0.2, 0.25) is 0 Å². The van der Waals surface area contributed by atoms with Crippen molar-refractivity contribution in [2.45, 2.75) is 13.8 Å². The fourth-order valence-electron chi connectivity index (χ4n) is 2.45. The summed E-state index contributed by atoms with van der Waals surface area (Å²) in [6.45, 7) is 4.18. The summed E-state index contributed by atoms with van der Waals surface area (Å²) in [4.78, 5) is 10.8. The third-order valence-corrected chi connectivity index (χ3v) is 3.41. The fourth-order valence-corrected chi connectivity index (χ4v) is 2.45. The van der Waals surface area contributed by atoms with E-state index in [1.807, 2.05) is 22.5 Å². The molecule has 0 radical (unpaired) electrons. The summed E-state index contributed by atoms with van der Waals surface area (Å²) in [5.74, 6) is 1.23. The van der Waals surface area contributed by atoms with E-state index >= 15 is 0 Å². The van der Waals surface area contributed by atoms with Gasteiger partial charge < -0.3 is 15.0 Å². The number of nitrogens with zero attached hydrogens (tertiary/aromatic N) is 4. The number of anilines is 3. The minimum absolute atomic E-state index is 0.474. The minimum Gasteiger partial charge on any atom is -0.382 e. The van der Waals surface area contributed by atoms with Gasteiger partial charge in [0.1, 0.15) is 5.82 Å². The standard InChI is InChI=1S/C15H17N5/c1-10-4-5-12(11(2)8-10)19(3)15-14-17-6-7-20(14)9-13(16)18-15/h4-9H,16H2,1-3H3. The normalized spacial score (nSPS) is 10.9. The molecule has 5 nitrogen and oxygen atoms in total. The molecule has 0 aliphatic carbocycles. The second-order valence-electron chi connectivity index (χ2n) is 5.00. The Labute approximate surface area is 117 Å². The van der Waals surface area contributed by atoms with Crippen LogP contribution in [0.3, 0.4) is 0 Å². The molecule has 0 atom stereocenters. The first-order chi connectivity index (χ1) is 9.56. The molecule has 0 aliphatic rings. The van der Waals surface area contributed by atoms with Crippen molar-refractivity contribution in [3.05, 3.63) is 47.9 Å². The van der Waals surface area contributed by atoms with E-state index in [-0.39, 0.29) is 0 Å². The van der Waals surface area contributed by atoms with Crippen molar-refractivity contribution in [1.82, 2.24) is 14.4 Å². The van der Waals surface area contributed by atoms with E-state index < -0.39 is 0 Å². The smallest absolute Gasteiger partial charge is 0.180 e. The highest BCUT2D eigenvalue weighted by molar-refractivity contribution is 5.74. The lowest BCUT2D eigenvalue weighted by molar-refractivity contribution is 1.07. The van der Waals surface area contributed by atoms with Crippen molar-refractivity contribution in [2.24, 2.45) is 0 Å². The molecule has 0 aliphatic heterocycles. The lowest BCUT2D eigenvalue weighted by Gasteiger charge is -2.21. The number of hydrogen-bond donors (Lipinski definition) is 1. The van der Waals surface area contributed by atoms with Crippen LogP contribution in [0.5, 0.6) is 0 Å². The van der Waals surface area contributed by atoms with Crippen LogP contribution < -0.4 is 10.6 Å². The van der Waals surface area contributed by atoms with Crippen LogP contribution in [0, 0.1) is 13.8 Å². The van der Waals surface area contributed by atoms with Crippen molar-refractivity contribution in [3.63, 3.8) is 0 Å². The van der Waals surface area contributed by atoms with E-state index in [9.17, 15) is 0 Å². The number of aryl methyl sites for hydroxylation is 2. The maximum absolute atomic E-state index is 5.88. The van der Waals surface area contributed by atoms with Crippen molar-refractivity contribution < 1.29 is 0 Å². The number of rotatable bonds is 2. The molecule has 102 valence electrons. The van der Waals surface area contributed by atoms with Crippen LogP contribution in [-0.2, 0) is 0 Å². The van der Waals surface area contributed by atoms with Crippen molar-refractivity contribution in [3.8, 4) is 0 Å². The van der Waals surface area contributed by atoms with Gasteiger partial charge in [-0.15, -0.1) is 0 Å². The molecule has 3 aromatic rings. The van der Waals surface area contributed by atoms with Crippen LogP contribution in [-0.4, -0.2) is 21.4 Å². The third-order valence-electron chi connectivity index (χ3n) is 3.41. The van der Waals surface area contributed by atoms with Gasteiger partial charge in [-0.2, -0.15) is 0 Å². The highest BCUT2D eigenvalue weighted by Gasteiger charge is 2.14. The van der Waals surface area contributed by atoms with Gasteiger partial charge in [-0.25, -0.2) is 9.97 Å². The molecule has 20 heavy (non-hydrogen) atoms. The van der Waals surface area contributed by atoms with Crippen LogP contribution in [0.4, 0.5) is 17.3 Å². The van der Waals surface area contributed by atoms with E-state index in [0.717, 1.165) is 17.2 Å². The largest absolute Gasteiger partial charge is 0.382 e. The average Bonchev–Trinajstić information content (AvgIpc) is 2.85. The molecular formula is C15H17N5. The lowest BCUT2D eigenvalue weighted by atomic mass is 10.1. The van der Waals surface area contributed by atoms with Crippen molar-refractivity contribution in [2.75, 3.05) is 17.7 Å². The van der Waals surface area contributed by atoms with Crippen molar-refractivity contribution in [1.29, 1.82) is 0 Å². The van der Waals surface area contributed by atoms with Gasteiger partial charge in [0.2, 0.25) is 0 Å². The Kier molecular flexibility index (Phi) is 2.82. The molecule has 0 spiro atoms. The number of hydrogen-bond acceptors (Lipinski definition) is 4. The Balaban J connectivity index is 2.16. The number of imidazole rings is 1. The second kappa shape index (κ2) is 4.52. The molecule has 2 N–H and O–H groups in total. The van der Waals surface area contributed by atoms with Gasteiger partial charge in [0.05, 0.1) is 6.20 Å². The van der Waals surface area contributed by atoms with E-state index in [2.05, 4.69) is 42.0 Å². The first kappa shape index (κ1) is 12.5. The lowest BCUT2D eigenvalue weighted by Crippen LogP contribution is -2.15. The molecule has 2 heterocycles. The van der Waals surface area contributed by atoms with Crippen LogP contribution in [0.25, 0.3) is 5.65 Å². The number of nitrogen functional groups attached to an aromatic ring is 1. The first-order valence-electron chi connectivity index (χ1n) is 6.46. The summed E-state index contributed by atoms with van der Waals surface area (Å²) in [7, 11) is 1.98. The quantitative estimate of drug-likeness (QED) is 0.775. The van der Waals surface area contributed by atoms with Crippen LogP contribution in [0.15, 0.2) is 36.8 Å². The second-order valence-corrected chi connectivity index (χ2v) is 5.00. The highest BCUT2D eigenvalue weighted by atomic mass is 15.2. The number of nitrogens with two attached hydrogens (primary N) is 1. The zero-order valence-corrected chi connectivity index (χ0v) is 11.8.